The summed E-state index contributed by atoms with van der Waals surface area (Å²) in [7, 11) is 1.73. The monoisotopic (exact) mass is 285 g/mol. The molecule has 2 aromatic rings. The lowest BCUT2D eigenvalue weighted by Crippen LogP contribution is -2.14. The van der Waals surface area contributed by atoms with Gasteiger partial charge in [0.25, 0.3) is 11.6 Å². The molecule has 0 aliphatic heterocycles. The van der Waals surface area contributed by atoms with E-state index in [-0.39, 0.29) is 11.6 Å². The Labute approximate surface area is 121 Å². The van der Waals surface area contributed by atoms with Gasteiger partial charge in [0.15, 0.2) is 0 Å². The summed E-state index contributed by atoms with van der Waals surface area (Å²) >= 11 is 0. The number of amides is 1. The van der Waals surface area contributed by atoms with Gasteiger partial charge >= 0.3 is 0 Å². The molecule has 0 atom stereocenters. The number of non-ortho nitro benzene ring substituents is 1. The molecule has 6 nitrogen and oxygen atoms in total. The average Bonchev–Trinajstić information content (AvgIpc) is 2.47. The highest BCUT2D eigenvalue weighted by Crippen LogP contribution is 2.21. The van der Waals surface area contributed by atoms with Crippen molar-refractivity contribution >= 4 is 23.0 Å². The number of anilines is 2. The van der Waals surface area contributed by atoms with E-state index in [1.165, 1.54) is 18.2 Å². The highest BCUT2D eigenvalue weighted by Gasteiger charge is 2.13. The van der Waals surface area contributed by atoms with Crippen molar-refractivity contribution < 1.29 is 9.72 Å². The molecule has 2 rings (SSSR count). The number of nitrogens with zero attached hydrogens (tertiary/aromatic N) is 1. The third kappa shape index (κ3) is 3.36. The molecule has 21 heavy (non-hydrogen) atoms. The summed E-state index contributed by atoms with van der Waals surface area (Å²) in [6, 6.07) is 11.3. The van der Waals surface area contributed by atoms with E-state index in [0.717, 1.165) is 5.56 Å². The zero-order valence-corrected chi connectivity index (χ0v) is 11.7. The molecular formula is C15H15N3O3. The van der Waals surface area contributed by atoms with E-state index < -0.39 is 4.92 Å². The second-order valence-corrected chi connectivity index (χ2v) is 4.56. The maximum absolute atomic E-state index is 12.3. The number of benzene rings is 2. The van der Waals surface area contributed by atoms with Crippen LogP contribution in [-0.4, -0.2) is 17.9 Å². The van der Waals surface area contributed by atoms with Crippen LogP contribution in [0.15, 0.2) is 42.5 Å². The molecule has 6 heteroatoms. The van der Waals surface area contributed by atoms with Crippen LogP contribution in [0.1, 0.15) is 15.9 Å². The SMILES string of the molecule is CNc1ccc(C)cc1C(=O)Nc1cccc([N+](=O)[O-])c1. The van der Waals surface area contributed by atoms with Crippen LogP contribution in [0.5, 0.6) is 0 Å². The highest BCUT2D eigenvalue weighted by atomic mass is 16.6. The van der Waals surface area contributed by atoms with Gasteiger partial charge in [-0.2, -0.15) is 0 Å². The molecule has 0 bridgehead atoms. The first-order valence-electron chi connectivity index (χ1n) is 6.35. The summed E-state index contributed by atoms with van der Waals surface area (Å²) in [6.07, 6.45) is 0. The van der Waals surface area contributed by atoms with Gasteiger partial charge in [-0.1, -0.05) is 17.7 Å². The Morgan fingerprint density at radius 1 is 1.19 bits per heavy atom. The van der Waals surface area contributed by atoms with Crippen molar-refractivity contribution in [1.82, 2.24) is 0 Å². The standard InChI is InChI=1S/C15H15N3O3/c1-10-6-7-14(16-2)13(8-10)15(19)17-11-4-3-5-12(9-11)18(20)21/h3-9,16H,1-2H3,(H,17,19). The third-order valence-electron chi connectivity index (χ3n) is 3.00. The second-order valence-electron chi connectivity index (χ2n) is 4.56. The Morgan fingerprint density at radius 2 is 1.95 bits per heavy atom. The number of nitrogens with one attached hydrogen (secondary N) is 2. The van der Waals surface area contributed by atoms with E-state index >= 15 is 0 Å². The lowest BCUT2D eigenvalue weighted by molar-refractivity contribution is -0.384. The molecule has 0 aromatic heterocycles. The Hall–Kier alpha value is -2.89. The maximum Gasteiger partial charge on any atom is 0.271 e. The summed E-state index contributed by atoms with van der Waals surface area (Å²) in [4.78, 5) is 22.5. The predicted octanol–water partition coefficient (Wildman–Crippen LogP) is 3.20. The zero-order chi connectivity index (χ0) is 15.4. The molecule has 1 amide bonds. The number of nitro benzene ring substituents is 1. The molecule has 2 aromatic carbocycles. The second kappa shape index (κ2) is 6.04. The van der Waals surface area contributed by atoms with E-state index in [1.54, 1.807) is 19.2 Å². The van der Waals surface area contributed by atoms with Gasteiger partial charge in [0.05, 0.1) is 10.5 Å². The molecular weight excluding hydrogens is 270 g/mol. The van der Waals surface area contributed by atoms with Gasteiger partial charge in [0.1, 0.15) is 0 Å². The molecule has 0 saturated carbocycles. The minimum Gasteiger partial charge on any atom is -0.387 e. The third-order valence-corrected chi connectivity index (χ3v) is 3.00. The first-order valence-corrected chi connectivity index (χ1v) is 6.35. The molecule has 0 aliphatic carbocycles. The van der Waals surface area contributed by atoms with Crippen molar-refractivity contribution in [2.45, 2.75) is 6.92 Å². The van der Waals surface area contributed by atoms with Gasteiger partial charge in [-0.3, -0.25) is 14.9 Å². The summed E-state index contributed by atoms with van der Waals surface area (Å²) < 4.78 is 0. The Morgan fingerprint density at radius 3 is 2.62 bits per heavy atom. The number of rotatable bonds is 4. The fraction of sp³-hybridized carbons (Fsp3) is 0.133. The number of aryl methyl sites for hydroxylation is 1. The van der Waals surface area contributed by atoms with Gasteiger partial charge in [-0.05, 0) is 25.1 Å². The summed E-state index contributed by atoms with van der Waals surface area (Å²) in [6.45, 7) is 1.89. The van der Waals surface area contributed by atoms with E-state index in [0.29, 0.717) is 16.9 Å². The van der Waals surface area contributed by atoms with Crippen molar-refractivity contribution in [3.8, 4) is 0 Å². The van der Waals surface area contributed by atoms with Crippen LogP contribution in [0.25, 0.3) is 0 Å². The quantitative estimate of drug-likeness (QED) is 0.667. The Balaban J connectivity index is 2.28. The fourth-order valence-corrected chi connectivity index (χ4v) is 1.96. The minimum absolute atomic E-state index is 0.0640. The molecule has 0 radical (unpaired) electrons. The van der Waals surface area contributed by atoms with Gasteiger partial charge < -0.3 is 10.6 Å². The topological polar surface area (TPSA) is 84.3 Å². The molecule has 0 fully saturated rings. The van der Waals surface area contributed by atoms with Crippen LogP contribution >= 0.6 is 0 Å². The molecule has 0 spiro atoms. The Kier molecular flexibility index (Phi) is 4.18. The molecule has 108 valence electrons. The van der Waals surface area contributed by atoms with E-state index in [1.807, 2.05) is 19.1 Å². The van der Waals surface area contributed by atoms with Crippen LogP contribution in [0.3, 0.4) is 0 Å². The first kappa shape index (κ1) is 14.5. The first-order chi connectivity index (χ1) is 10.0. The average molecular weight is 285 g/mol. The number of nitro groups is 1. The summed E-state index contributed by atoms with van der Waals surface area (Å²) in [5.41, 5.74) is 2.47. The van der Waals surface area contributed by atoms with Crippen molar-refractivity contribution in [1.29, 1.82) is 0 Å². The smallest absolute Gasteiger partial charge is 0.271 e. The summed E-state index contributed by atoms with van der Waals surface area (Å²) in [5.74, 6) is -0.316. The van der Waals surface area contributed by atoms with Crippen LogP contribution in [-0.2, 0) is 0 Å². The van der Waals surface area contributed by atoms with E-state index in [4.69, 9.17) is 0 Å². The molecule has 0 aliphatic rings. The zero-order valence-electron chi connectivity index (χ0n) is 11.7. The number of hydrogen-bond acceptors (Lipinski definition) is 4. The van der Waals surface area contributed by atoms with Crippen molar-refractivity contribution in [3.63, 3.8) is 0 Å². The lowest BCUT2D eigenvalue weighted by Gasteiger charge is -2.10. The highest BCUT2D eigenvalue weighted by molar-refractivity contribution is 6.08. The lowest BCUT2D eigenvalue weighted by atomic mass is 10.1. The van der Waals surface area contributed by atoms with Gasteiger partial charge in [0.2, 0.25) is 0 Å². The van der Waals surface area contributed by atoms with Crippen molar-refractivity contribution in [3.05, 3.63) is 63.7 Å². The molecule has 0 heterocycles. The largest absolute Gasteiger partial charge is 0.387 e. The van der Waals surface area contributed by atoms with Gasteiger partial charge in [-0.25, -0.2) is 0 Å². The van der Waals surface area contributed by atoms with E-state index in [2.05, 4.69) is 10.6 Å². The Bertz CT molecular complexity index is 698. The predicted molar refractivity (Wildman–Crippen MR) is 81.8 cm³/mol. The van der Waals surface area contributed by atoms with Gasteiger partial charge in [-0.15, -0.1) is 0 Å². The normalized spacial score (nSPS) is 10.0. The van der Waals surface area contributed by atoms with Crippen molar-refractivity contribution in [2.24, 2.45) is 0 Å². The maximum atomic E-state index is 12.3. The number of carbonyl (C=O) groups excluding carboxylic acids is 1. The van der Waals surface area contributed by atoms with Gasteiger partial charge in [0, 0.05) is 30.6 Å². The molecule has 0 unspecified atom stereocenters. The van der Waals surface area contributed by atoms with E-state index in [9.17, 15) is 14.9 Å². The van der Waals surface area contributed by atoms with Crippen LogP contribution < -0.4 is 10.6 Å². The minimum atomic E-state index is -0.499. The van der Waals surface area contributed by atoms with Crippen LogP contribution in [0.4, 0.5) is 17.1 Å². The summed E-state index contributed by atoms with van der Waals surface area (Å²) in [5, 5.41) is 16.4. The fourth-order valence-electron chi connectivity index (χ4n) is 1.96. The van der Waals surface area contributed by atoms with Crippen LogP contribution in [0, 0.1) is 17.0 Å². The van der Waals surface area contributed by atoms with Crippen LogP contribution in [0.2, 0.25) is 0 Å². The molecule has 2 N–H and O–H groups in total. The number of carbonyl (C=O) groups is 1. The number of hydrogen-bond donors (Lipinski definition) is 2. The van der Waals surface area contributed by atoms with Crippen molar-refractivity contribution in [2.75, 3.05) is 17.7 Å². The molecule has 0 saturated heterocycles.